The van der Waals surface area contributed by atoms with E-state index in [1.165, 1.54) is 16.4 Å². The van der Waals surface area contributed by atoms with Crippen LogP contribution in [0.25, 0.3) is 0 Å². The van der Waals surface area contributed by atoms with E-state index in [2.05, 4.69) is 5.32 Å². The Balaban J connectivity index is 1.76. The standard InChI is InChI=1S/C20H24N2O3S/c1-15-7-6-8-19(16(15)2)21-20(23)17-9-11-18(12-10-17)26(24,25)22-13-4-3-5-14-22/h6-12H,3-5,13-14H2,1-2H3,(H,21,23). The van der Waals surface area contributed by atoms with E-state index in [-0.39, 0.29) is 10.8 Å². The third kappa shape index (κ3) is 3.81. The molecule has 0 radical (unpaired) electrons. The lowest BCUT2D eigenvalue weighted by Crippen LogP contribution is -2.35. The first-order valence-electron chi connectivity index (χ1n) is 8.87. The molecule has 0 bridgehead atoms. The second-order valence-corrected chi connectivity index (χ2v) is 8.63. The number of carbonyl (C=O) groups is 1. The molecule has 1 N–H and O–H groups in total. The molecular formula is C20H24N2O3S. The average Bonchev–Trinajstić information content (AvgIpc) is 2.66. The molecule has 0 saturated carbocycles. The molecular weight excluding hydrogens is 348 g/mol. The minimum Gasteiger partial charge on any atom is -0.322 e. The number of carbonyl (C=O) groups excluding carboxylic acids is 1. The van der Waals surface area contributed by atoms with Gasteiger partial charge >= 0.3 is 0 Å². The van der Waals surface area contributed by atoms with Crippen LogP contribution in [0.1, 0.15) is 40.7 Å². The molecule has 0 unspecified atom stereocenters. The molecule has 0 aliphatic carbocycles. The molecule has 5 nitrogen and oxygen atoms in total. The highest BCUT2D eigenvalue weighted by molar-refractivity contribution is 7.89. The molecule has 0 spiro atoms. The molecule has 2 aromatic rings. The zero-order chi connectivity index (χ0) is 18.7. The van der Waals surface area contributed by atoms with Crippen molar-refractivity contribution in [3.05, 3.63) is 59.2 Å². The van der Waals surface area contributed by atoms with Crippen LogP contribution in [0.5, 0.6) is 0 Å². The number of hydrogen-bond acceptors (Lipinski definition) is 3. The molecule has 1 heterocycles. The fourth-order valence-corrected chi connectivity index (χ4v) is 4.63. The van der Waals surface area contributed by atoms with E-state index in [0.29, 0.717) is 18.7 Å². The summed E-state index contributed by atoms with van der Waals surface area (Å²) >= 11 is 0. The van der Waals surface area contributed by atoms with Crippen LogP contribution in [-0.4, -0.2) is 31.7 Å². The second kappa shape index (κ2) is 7.60. The Bertz CT molecular complexity index is 899. The number of nitrogens with one attached hydrogen (secondary N) is 1. The minimum absolute atomic E-state index is 0.239. The SMILES string of the molecule is Cc1cccc(NC(=O)c2ccc(S(=O)(=O)N3CCCCC3)cc2)c1C. The molecule has 3 rings (SSSR count). The number of anilines is 1. The topological polar surface area (TPSA) is 66.5 Å². The molecule has 0 aromatic heterocycles. The number of nitrogens with zero attached hydrogens (tertiary/aromatic N) is 1. The maximum absolute atomic E-state index is 12.7. The summed E-state index contributed by atoms with van der Waals surface area (Å²) in [4.78, 5) is 12.7. The lowest BCUT2D eigenvalue weighted by molar-refractivity contribution is 0.102. The Morgan fingerprint density at radius 1 is 0.962 bits per heavy atom. The van der Waals surface area contributed by atoms with Crippen LogP contribution in [0.3, 0.4) is 0 Å². The maximum atomic E-state index is 12.7. The van der Waals surface area contributed by atoms with Crippen molar-refractivity contribution in [1.29, 1.82) is 0 Å². The Morgan fingerprint density at radius 3 is 2.27 bits per heavy atom. The molecule has 6 heteroatoms. The quantitative estimate of drug-likeness (QED) is 0.889. The molecule has 1 amide bonds. The van der Waals surface area contributed by atoms with Gasteiger partial charge in [-0.2, -0.15) is 4.31 Å². The van der Waals surface area contributed by atoms with Crippen molar-refractivity contribution in [2.24, 2.45) is 0 Å². The fourth-order valence-electron chi connectivity index (χ4n) is 3.11. The van der Waals surface area contributed by atoms with Crippen LogP contribution in [0.2, 0.25) is 0 Å². The van der Waals surface area contributed by atoms with Crippen molar-refractivity contribution in [1.82, 2.24) is 4.31 Å². The fraction of sp³-hybridized carbons (Fsp3) is 0.350. The van der Waals surface area contributed by atoms with E-state index in [9.17, 15) is 13.2 Å². The number of piperidine rings is 1. The van der Waals surface area contributed by atoms with Gasteiger partial charge in [0, 0.05) is 24.3 Å². The monoisotopic (exact) mass is 372 g/mol. The highest BCUT2D eigenvalue weighted by atomic mass is 32.2. The Labute approximate surface area is 155 Å². The predicted molar refractivity (Wildman–Crippen MR) is 103 cm³/mol. The average molecular weight is 372 g/mol. The van der Waals surface area contributed by atoms with Crippen molar-refractivity contribution in [2.45, 2.75) is 38.0 Å². The summed E-state index contributed by atoms with van der Waals surface area (Å²) in [6.07, 6.45) is 2.87. The summed E-state index contributed by atoms with van der Waals surface area (Å²) in [5.41, 5.74) is 3.32. The van der Waals surface area contributed by atoms with Crippen LogP contribution in [0.4, 0.5) is 5.69 Å². The number of rotatable bonds is 4. The smallest absolute Gasteiger partial charge is 0.255 e. The van der Waals surface area contributed by atoms with Crippen LogP contribution < -0.4 is 5.32 Å². The van der Waals surface area contributed by atoms with Gasteiger partial charge in [0.1, 0.15) is 0 Å². The summed E-state index contributed by atoms with van der Waals surface area (Å²) in [5, 5.41) is 2.89. The van der Waals surface area contributed by atoms with Gasteiger partial charge in [-0.05, 0) is 68.1 Å². The van der Waals surface area contributed by atoms with E-state index in [4.69, 9.17) is 0 Å². The summed E-state index contributed by atoms with van der Waals surface area (Å²) in [6.45, 7) is 5.08. The van der Waals surface area contributed by atoms with Gasteiger partial charge in [-0.25, -0.2) is 8.42 Å². The molecule has 2 aromatic carbocycles. The number of aryl methyl sites for hydroxylation is 1. The van der Waals surface area contributed by atoms with E-state index >= 15 is 0 Å². The first kappa shape index (κ1) is 18.6. The molecule has 1 saturated heterocycles. The van der Waals surface area contributed by atoms with E-state index in [0.717, 1.165) is 36.1 Å². The highest BCUT2D eigenvalue weighted by Gasteiger charge is 2.25. The van der Waals surface area contributed by atoms with Gasteiger partial charge in [0.05, 0.1) is 4.90 Å². The van der Waals surface area contributed by atoms with Crippen LogP contribution >= 0.6 is 0 Å². The molecule has 1 aliphatic rings. The third-order valence-electron chi connectivity index (χ3n) is 4.92. The molecule has 1 aliphatic heterocycles. The second-order valence-electron chi connectivity index (χ2n) is 6.69. The molecule has 26 heavy (non-hydrogen) atoms. The number of amides is 1. The summed E-state index contributed by atoms with van der Waals surface area (Å²) in [5.74, 6) is -0.249. The molecule has 1 fully saturated rings. The Morgan fingerprint density at radius 2 is 1.62 bits per heavy atom. The van der Waals surface area contributed by atoms with E-state index < -0.39 is 10.0 Å². The lowest BCUT2D eigenvalue weighted by Gasteiger charge is -2.25. The number of hydrogen-bond donors (Lipinski definition) is 1. The van der Waals surface area contributed by atoms with Gasteiger partial charge in [0.25, 0.3) is 5.91 Å². The van der Waals surface area contributed by atoms with Crippen molar-refractivity contribution in [2.75, 3.05) is 18.4 Å². The van der Waals surface area contributed by atoms with Crippen molar-refractivity contribution in [3.63, 3.8) is 0 Å². The maximum Gasteiger partial charge on any atom is 0.255 e. The van der Waals surface area contributed by atoms with Crippen molar-refractivity contribution < 1.29 is 13.2 Å². The number of sulfonamides is 1. The van der Waals surface area contributed by atoms with Crippen LogP contribution in [-0.2, 0) is 10.0 Å². The van der Waals surface area contributed by atoms with Gasteiger partial charge in [0.15, 0.2) is 0 Å². The Kier molecular flexibility index (Phi) is 5.44. The molecule has 138 valence electrons. The largest absolute Gasteiger partial charge is 0.322 e. The van der Waals surface area contributed by atoms with Gasteiger partial charge in [-0.3, -0.25) is 4.79 Å². The van der Waals surface area contributed by atoms with Gasteiger partial charge in [-0.1, -0.05) is 18.6 Å². The third-order valence-corrected chi connectivity index (χ3v) is 6.84. The lowest BCUT2D eigenvalue weighted by atomic mass is 10.1. The minimum atomic E-state index is -3.47. The van der Waals surface area contributed by atoms with Gasteiger partial charge in [0.2, 0.25) is 10.0 Å². The van der Waals surface area contributed by atoms with E-state index in [1.807, 2.05) is 32.0 Å². The van der Waals surface area contributed by atoms with Crippen LogP contribution in [0, 0.1) is 13.8 Å². The van der Waals surface area contributed by atoms with Crippen molar-refractivity contribution >= 4 is 21.6 Å². The predicted octanol–water partition coefficient (Wildman–Crippen LogP) is 3.73. The zero-order valence-electron chi connectivity index (χ0n) is 15.2. The normalized spacial score (nSPS) is 15.6. The van der Waals surface area contributed by atoms with Crippen molar-refractivity contribution in [3.8, 4) is 0 Å². The summed E-state index contributed by atoms with van der Waals surface area (Å²) in [7, 11) is -3.47. The number of benzene rings is 2. The van der Waals surface area contributed by atoms with Crippen LogP contribution in [0.15, 0.2) is 47.4 Å². The van der Waals surface area contributed by atoms with E-state index in [1.54, 1.807) is 12.1 Å². The Hall–Kier alpha value is -2.18. The highest BCUT2D eigenvalue weighted by Crippen LogP contribution is 2.22. The molecule has 0 atom stereocenters. The first-order valence-corrected chi connectivity index (χ1v) is 10.3. The summed E-state index contributed by atoms with van der Waals surface area (Å²) < 4.78 is 26.9. The first-order chi connectivity index (χ1) is 12.4. The summed E-state index contributed by atoms with van der Waals surface area (Å²) in [6, 6.07) is 11.9. The zero-order valence-corrected chi connectivity index (χ0v) is 16.0. The van der Waals surface area contributed by atoms with Gasteiger partial charge in [-0.15, -0.1) is 0 Å². The van der Waals surface area contributed by atoms with Gasteiger partial charge < -0.3 is 5.32 Å².